The molecule has 2 aliphatic rings. The quantitative estimate of drug-likeness (QED) is 0.504. The Labute approximate surface area is 191 Å². The van der Waals surface area contributed by atoms with Crippen molar-refractivity contribution in [2.24, 2.45) is 4.99 Å². The molecule has 2 heterocycles. The Morgan fingerprint density at radius 2 is 1.78 bits per heavy atom. The van der Waals surface area contributed by atoms with Crippen molar-refractivity contribution in [1.82, 2.24) is 10.2 Å². The Hall–Kier alpha value is -2.41. The number of aliphatic imine (C=N–C) groups is 1. The van der Waals surface area contributed by atoms with Gasteiger partial charge in [0.2, 0.25) is 0 Å². The maximum Gasteiger partial charge on any atom is 0.194 e. The number of rotatable bonds is 8. The van der Waals surface area contributed by atoms with Gasteiger partial charge in [-0.25, -0.2) is 4.99 Å². The molecule has 2 aromatic carbocycles. The van der Waals surface area contributed by atoms with Crippen molar-refractivity contribution < 1.29 is 14.2 Å². The molecule has 2 aliphatic heterocycles. The van der Waals surface area contributed by atoms with E-state index in [1.807, 2.05) is 18.2 Å². The lowest BCUT2D eigenvalue weighted by molar-refractivity contribution is -0.0817. The minimum absolute atomic E-state index is 0.119. The van der Waals surface area contributed by atoms with Gasteiger partial charge in [0.05, 0.1) is 32.5 Å². The highest BCUT2D eigenvalue weighted by Gasteiger charge is 2.32. The van der Waals surface area contributed by atoms with Crippen LogP contribution in [0.5, 0.6) is 0 Å². The SMILES string of the molecule is CCNC(=NCc1ccccc1COCc1ccccc1)N1CCOC(C2CCCO2)C1. The van der Waals surface area contributed by atoms with E-state index in [9.17, 15) is 0 Å². The van der Waals surface area contributed by atoms with E-state index in [1.165, 1.54) is 16.7 Å². The summed E-state index contributed by atoms with van der Waals surface area (Å²) < 4.78 is 17.9. The molecular formula is C26H35N3O3. The molecule has 2 atom stereocenters. The Morgan fingerprint density at radius 1 is 1.00 bits per heavy atom. The molecule has 32 heavy (non-hydrogen) atoms. The molecule has 6 nitrogen and oxygen atoms in total. The number of benzene rings is 2. The summed E-state index contributed by atoms with van der Waals surface area (Å²) >= 11 is 0. The zero-order chi connectivity index (χ0) is 22.0. The predicted octanol–water partition coefficient (Wildman–Crippen LogP) is 3.75. The number of nitrogens with one attached hydrogen (secondary N) is 1. The van der Waals surface area contributed by atoms with Crippen LogP contribution in [0.4, 0.5) is 0 Å². The number of nitrogens with zero attached hydrogens (tertiary/aromatic N) is 2. The monoisotopic (exact) mass is 437 g/mol. The number of ether oxygens (including phenoxy) is 3. The van der Waals surface area contributed by atoms with Crippen molar-refractivity contribution >= 4 is 5.96 Å². The predicted molar refractivity (Wildman–Crippen MR) is 126 cm³/mol. The summed E-state index contributed by atoms with van der Waals surface area (Å²) in [7, 11) is 0. The first-order valence-electron chi connectivity index (χ1n) is 11.8. The molecule has 0 spiro atoms. The average Bonchev–Trinajstić information content (AvgIpc) is 3.38. The van der Waals surface area contributed by atoms with Crippen molar-refractivity contribution in [3.05, 3.63) is 71.3 Å². The average molecular weight is 438 g/mol. The van der Waals surface area contributed by atoms with E-state index in [0.717, 1.165) is 45.0 Å². The molecule has 2 aromatic rings. The highest BCUT2D eigenvalue weighted by molar-refractivity contribution is 5.80. The van der Waals surface area contributed by atoms with Crippen molar-refractivity contribution in [3.8, 4) is 0 Å². The first kappa shape index (κ1) is 22.8. The maximum atomic E-state index is 6.02. The third-order valence-electron chi connectivity index (χ3n) is 5.99. The second kappa shape index (κ2) is 12.0. The molecule has 2 saturated heterocycles. The normalized spacial score (nSPS) is 21.7. The topological polar surface area (TPSA) is 55.3 Å². The van der Waals surface area contributed by atoms with E-state index in [1.54, 1.807) is 0 Å². The molecule has 0 saturated carbocycles. The molecule has 0 aromatic heterocycles. The van der Waals surface area contributed by atoms with Crippen LogP contribution in [0, 0.1) is 0 Å². The van der Waals surface area contributed by atoms with E-state index in [-0.39, 0.29) is 12.2 Å². The second-order valence-electron chi connectivity index (χ2n) is 8.32. The van der Waals surface area contributed by atoms with E-state index in [0.29, 0.717) is 26.4 Å². The Morgan fingerprint density at radius 3 is 2.56 bits per heavy atom. The lowest BCUT2D eigenvalue weighted by Crippen LogP contribution is -2.53. The van der Waals surface area contributed by atoms with Gasteiger partial charge >= 0.3 is 0 Å². The van der Waals surface area contributed by atoms with Gasteiger partial charge in [-0.2, -0.15) is 0 Å². The molecule has 6 heteroatoms. The van der Waals surface area contributed by atoms with Crippen molar-refractivity contribution in [2.75, 3.05) is 32.8 Å². The van der Waals surface area contributed by atoms with Crippen molar-refractivity contribution in [1.29, 1.82) is 0 Å². The third-order valence-corrected chi connectivity index (χ3v) is 5.99. The minimum atomic E-state index is 0.119. The Balaban J connectivity index is 1.38. The summed E-state index contributed by atoms with van der Waals surface area (Å²) in [6.45, 7) is 7.97. The molecule has 0 aliphatic carbocycles. The summed E-state index contributed by atoms with van der Waals surface area (Å²) in [5, 5.41) is 3.47. The fraction of sp³-hybridized carbons (Fsp3) is 0.500. The van der Waals surface area contributed by atoms with Crippen LogP contribution in [-0.2, 0) is 34.0 Å². The van der Waals surface area contributed by atoms with Crippen LogP contribution in [-0.4, -0.2) is 55.9 Å². The van der Waals surface area contributed by atoms with Crippen LogP contribution >= 0.6 is 0 Å². The zero-order valence-electron chi connectivity index (χ0n) is 19.0. The van der Waals surface area contributed by atoms with Crippen LogP contribution in [0.15, 0.2) is 59.6 Å². The molecule has 2 fully saturated rings. The number of hydrogen-bond donors (Lipinski definition) is 1. The van der Waals surface area contributed by atoms with Crippen LogP contribution in [0.2, 0.25) is 0 Å². The minimum Gasteiger partial charge on any atom is -0.375 e. The molecule has 172 valence electrons. The van der Waals surface area contributed by atoms with Gasteiger partial charge in [-0.1, -0.05) is 54.6 Å². The van der Waals surface area contributed by atoms with E-state index < -0.39 is 0 Å². The lowest BCUT2D eigenvalue weighted by atomic mass is 10.1. The fourth-order valence-corrected chi connectivity index (χ4v) is 4.28. The van der Waals surface area contributed by atoms with Gasteiger partial charge in [0.15, 0.2) is 5.96 Å². The van der Waals surface area contributed by atoms with E-state index in [2.05, 4.69) is 53.5 Å². The van der Waals surface area contributed by atoms with Gasteiger partial charge in [0.1, 0.15) is 6.10 Å². The van der Waals surface area contributed by atoms with Crippen molar-refractivity contribution in [2.45, 2.75) is 51.7 Å². The van der Waals surface area contributed by atoms with Gasteiger partial charge < -0.3 is 24.4 Å². The van der Waals surface area contributed by atoms with Gasteiger partial charge in [0.25, 0.3) is 0 Å². The van der Waals surface area contributed by atoms with Crippen LogP contribution in [0.3, 0.4) is 0 Å². The van der Waals surface area contributed by atoms with E-state index in [4.69, 9.17) is 19.2 Å². The standard InChI is InChI=1S/C26H35N3O3/c1-2-27-26(29-14-16-32-25(18-29)24-13-8-15-31-24)28-17-22-11-6-7-12-23(22)20-30-19-21-9-4-3-5-10-21/h3-7,9-12,24-25H,2,8,13-20H2,1H3,(H,27,28). The highest BCUT2D eigenvalue weighted by atomic mass is 16.5. The van der Waals surface area contributed by atoms with Crippen LogP contribution in [0.25, 0.3) is 0 Å². The van der Waals surface area contributed by atoms with E-state index >= 15 is 0 Å². The lowest BCUT2D eigenvalue weighted by Gasteiger charge is -2.37. The highest BCUT2D eigenvalue weighted by Crippen LogP contribution is 2.21. The molecular weight excluding hydrogens is 402 g/mol. The van der Waals surface area contributed by atoms with Gasteiger partial charge in [-0.05, 0) is 36.5 Å². The van der Waals surface area contributed by atoms with Crippen molar-refractivity contribution in [3.63, 3.8) is 0 Å². The summed E-state index contributed by atoms with van der Waals surface area (Å²) in [6, 6.07) is 18.7. The number of morpholine rings is 1. The smallest absolute Gasteiger partial charge is 0.194 e. The molecule has 2 unspecified atom stereocenters. The second-order valence-corrected chi connectivity index (χ2v) is 8.32. The first-order chi connectivity index (χ1) is 15.8. The third kappa shape index (κ3) is 6.31. The summed E-state index contributed by atoms with van der Waals surface area (Å²) in [6.07, 6.45) is 2.54. The van der Waals surface area contributed by atoms with Crippen LogP contribution < -0.4 is 5.32 Å². The molecule has 4 rings (SSSR count). The summed E-state index contributed by atoms with van der Waals surface area (Å²) in [5.41, 5.74) is 3.56. The maximum absolute atomic E-state index is 6.02. The zero-order valence-corrected chi connectivity index (χ0v) is 19.0. The molecule has 0 bridgehead atoms. The first-order valence-corrected chi connectivity index (χ1v) is 11.8. The number of hydrogen-bond acceptors (Lipinski definition) is 4. The van der Waals surface area contributed by atoms with Gasteiger partial charge in [-0.15, -0.1) is 0 Å². The Bertz CT molecular complexity index is 852. The fourth-order valence-electron chi connectivity index (χ4n) is 4.28. The van der Waals surface area contributed by atoms with Gasteiger partial charge in [0, 0.05) is 26.2 Å². The number of guanidine groups is 1. The Kier molecular flexibility index (Phi) is 8.54. The summed E-state index contributed by atoms with van der Waals surface area (Å²) in [5.74, 6) is 0.943. The summed E-state index contributed by atoms with van der Waals surface area (Å²) in [4.78, 5) is 7.29. The molecule has 0 radical (unpaired) electrons. The van der Waals surface area contributed by atoms with Gasteiger partial charge in [-0.3, -0.25) is 0 Å². The molecule has 0 amide bonds. The molecule has 1 N–H and O–H groups in total. The largest absolute Gasteiger partial charge is 0.375 e. The van der Waals surface area contributed by atoms with Crippen LogP contribution in [0.1, 0.15) is 36.5 Å².